The number of fused-ring (bicyclic) bond motifs is 1. The van der Waals surface area contributed by atoms with Crippen LogP contribution in [-0.2, 0) is 14.3 Å². The van der Waals surface area contributed by atoms with E-state index in [4.69, 9.17) is 21.1 Å². The number of carbonyl (C=O) groups excluding carboxylic acids is 3. The summed E-state index contributed by atoms with van der Waals surface area (Å²) in [6.07, 6.45) is 0. The van der Waals surface area contributed by atoms with Crippen LogP contribution in [0.1, 0.15) is 17.3 Å². The van der Waals surface area contributed by atoms with Gasteiger partial charge in [0.05, 0.1) is 17.9 Å². The van der Waals surface area contributed by atoms with Crippen LogP contribution in [0.5, 0.6) is 5.75 Å². The van der Waals surface area contributed by atoms with Crippen molar-refractivity contribution in [3.8, 4) is 16.2 Å². The van der Waals surface area contributed by atoms with Crippen LogP contribution in [0.25, 0.3) is 10.4 Å². The minimum Gasteiger partial charge on any atom is -0.482 e. The Kier molecular flexibility index (Phi) is 6.43. The molecule has 0 fully saturated rings. The number of ether oxygens (including phenoxy) is 2. The van der Waals surface area contributed by atoms with E-state index in [0.717, 1.165) is 10.4 Å². The SMILES string of the molecule is CCOC(=O)c1cc(-c2ccccc2)sc1NC(=O)CN1C(=O)COc2ccc(Cl)cc21. The monoisotopic (exact) mass is 470 g/mol. The number of rotatable bonds is 6. The van der Waals surface area contributed by atoms with Gasteiger partial charge in [-0.3, -0.25) is 14.5 Å². The van der Waals surface area contributed by atoms with Gasteiger partial charge in [-0.25, -0.2) is 4.79 Å². The summed E-state index contributed by atoms with van der Waals surface area (Å²) in [6, 6.07) is 16.1. The Morgan fingerprint density at radius 2 is 1.97 bits per heavy atom. The summed E-state index contributed by atoms with van der Waals surface area (Å²) in [6.45, 7) is 1.50. The van der Waals surface area contributed by atoms with Crippen molar-refractivity contribution in [2.75, 3.05) is 30.0 Å². The minimum atomic E-state index is -0.527. The van der Waals surface area contributed by atoms with Crippen molar-refractivity contribution in [2.45, 2.75) is 6.92 Å². The molecule has 0 aliphatic carbocycles. The number of nitrogens with one attached hydrogen (secondary N) is 1. The quantitative estimate of drug-likeness (QED) is 0.532. The average Bonchev–Trinajstić information content (AvgIpc) is 3.20. The largest absolute Gasteiger partial charge is 0.482 e. The Balaban J connectivity index is 1.59. The molecule has 0 radical (unpaired) electrons. The smallest absolute Gasteiger partial charge is 0.341 e. The number of esters is 1. The van der Waals surface area contributed by atoms with E-state index in [1.54, 1.807) is 31.2 Å². The normalized spacial score (nSPS) is 12.7. The van der Waals surface area contributed by atoms with E-state index >= 15 is 0 Å². The van der Waals surface area contributed by atoms with E-state index in [9.17, 15) is 14.4 Å². The van der Waals surface area contributed by atoms with E-state index in [0.29, 0.717) is 21.5 Å². The lowest BCUT2D eigenvalue weighted by Gasteiger charge is -2.28. The predicted octanol–water partition coefficient (Wildman–Crippen LogP) is 4.61. The first kappa shape index (κ1) is 21.9. The first-order valence-electron chi connectivity index (χ1n) is 9.85. The van der Waals surface area contributed by atoms with Crippen LogP contribution in [0.4, 0.5) is 10.7 Å². The standard InChI is InChI=1S/C23H19ClN2O5S/c1-2-30-23(29)16-11-19(14-6-4-3-5-7-14)32-22(16)25-20(27)12-26-17-10-15(24)8-9-18(17)31-13-21(26)28/h3-11H,2,12-13H2,1H3,(H,25,27). The summed E-state index contributed by atoms with van der Waals surface area (Å²) in [5.74, 6) is -0.882. The molecule has 2 amide bonds. The van der Waals surface area contributed by atoms with Crippen molar-refractivity contribution in [1.29, 1.82) is 0 Å². The molecule has 1 aromatic heterocycles. The Labute approximate surface area is 193 Å². The topological polar surface area (TPSA) is 84.9 Å². The van der Waals surface area contributed by atoms with Gasteiger partial charge in [0.1, 0.15) is 17.3 Å². The van der Waals surface area contributed by atoms with Gasteiger partial charge in [-0.1, -0.05) is 41.9 Å². The second kappa shape index (κ2) is 9.42. The fourth-order valence-corrected chi connectivity index (χ4v) is 4.48. The molecule has 0 spiro atoms. The van der Waals surface area contributed by atoms with E-state index in [1.807, 2.05) is 30.3 Å². The highest BCUT2D eigenvalue weighted by molar-refractivity contribution is 7.20. The zero-order valence-electron chi connectivity index (χ0n) is 17.1. The average molecular weight is 471 g/mol. The molecule has 0 atom stereocenters. The molecular formula is C23H19ClN2O5S. The van der Waals surface area contributed by atoms with Crippen LogP contribution in [0.2, 0.25) is 5.02 Å². The molecule has 2 aromatic carbocycles. The molecule has 0 bridgehead atoms. The van der Waals surface area contributed by atoms with Gasteiger partial charge in [0.2, 0.25) is 5.91 Å². The zero-order chi connectivity index (χ0) is 22.7. The van der Waals surface area contributed by atoms with E-state index in [1.165, 1.54) is 16.2 Å². The molecule has 4 rings (SSSR count). The highest BCUT2D eigenvalue weighted by atomic mass is 35.5. The fourth-order valence-electron chi connectivity index (χ4n) is 3.25. The van der Waals surface area contributed by atoms with E-state index < -0.39 is 11.9 Å². The van der Waals surface area contributed by atoms with Crippen molar-refractivity contribution >= 4 is 51.4 Å². The maximum Gasteiger partial charge on any atom is 0.341 e. The number of hydrogen-bond acceptors (Lipinski definition) is 6. The number of hydrogen-bond donors (Lipinski definition) is 1. The Morgan fingerprint density at radius 3 is 2.72 bits per heavy atom. The lowest BCUT2D eigenvalue weighted by Crippen LogP contribution is -2.43. The maximum atomic E-state index is 12.9. The number of amides is 2. The van der Waals surface area contributed by atoms with Crippen LogP contribution < -0.4 is 15.0 Å². The van der Waals surface area contributed by atoms with Crippen molar-refractivity contribution in [3.05, 3.63) is 65.2 Å². The van der Waals surface area contributed by atoms with Crippen LogP contribution in [0.15, 0.2) is 54.6 Å². The predicted molar refractivity (Wildman–Crippen MR) is 124 cm³/mol. The van der Waals surface area contributed by atoms with Crippen molar-refractivity contribution < 1.29 is 23.9 Å². The van der Waals surface area contributed by atoms with Gasteiger partial charge in [0.25, 0.3) is 5.91 Å². The third kappa shape index (κ3) is 4.61. The van der Waals surface area contributed by atoms with E-state index in [-0.39, 0.29) is 31.2 Å². The molecular weight excluding hydrogens is 452 g/mol. The number of carbonyl (C=O) groups is 3. The molecule has 9 heteroatoms. The van der Waals surface area contributed by atoms with Crippen LogP contribution in [-0.4, -0.2) is 37.5 Å². The highest BCUT2D eigenvalue weighted by Crippen LogP contribution is 2.37. The number of anilines is 2. The molecule has 1 aliphatic rings. The third-order valence-corrected chi connectivity index (χ3v) is 6.04. The third-order valence-electron chi connectivity index (χ3n) is 4.70. The second-order valence-electron chi connectivity index (χ2n) is 6.87. The number of nitrogens with zero attached hydrogens (tertiary/aromatic N) is 1. The molecule has 0 saturated carbocycles. The van der Waals surface area contributed by atoms with Gasteiger partial charge in [0.15, 0.2) is 6.61 Å². The Morgan fingerprint density at radius 1 is 1.19 bits per heavy atom. The van der Waals surface area contributed by atoms with Gasteiger partial charge < -0.3 is 14.8 Å². The van der Waals surface area contributed by atoms with Crippen molar-refractivity contribution in [1.82, 2.24) is 0 Å². The summed E-state index contributed by atoms with van der Waals surface area (Å²) < 4.78 is 10.6. The van der Waals surface area contributed by atoms with Crippen molar-refractivity contribution in [2.24, 2.45) is 0 Å². The van der Waals surface area contributed by atoms with Gasteiger partial charge in [-0.15, -0.1) is 11.3 Å². The lowest BCUT2D eigenvalue weighted by atomic mass is 10.1. The van der Waals surface area contributed by atoms with Gasteiger partial charge >= 0.3 is 5.97 Å². The second-order valence-corrected chi connectivity index (χ2v) is 8.36. The molecule has 32 heavy (non-hydrogen) atoms. The number of benzene rings is 2. The molecule has 1 N–H and O–H groups in total. The number of halogens is 1. The van der Waals surface area contributed by atoms with Crippen LogP contribution in [0, 0.1) is 0 Å². The molecule has 3 aromatic rings. The minimum absolute atomic E-state index is 0.173. The molecule has 1 aliphatic heterocycles. The number of thiophene rings is 1. The van der Waals surface area contributed by atoms with Gasteiger partial charge in [-0.2, -0.15) is 0 Å². The molecule has 7 nitrogen and oxygen atoms in total. The zero-order valence-corrected chi connectivity index (χ0v) is 18.7. The first-order chi connectivity index (χ1) is 15.5. The van der Waals surface area contributed by atoms with Crippen molar-refractivity contribution in [3.63, 3.8) is 0 Å². The lowest BCUT2D eigenvalue weighted by molar-refractivity contribution is -0.123. The summed E-state index contributed by atoms with van der Waals surface area (Å²) >= 11 is 7.32. The summed E-state index contributed by atoms with van der Waals surface area (Å²) in [5.41, 5.74) is 1.60. The van der Waals surface area contributed by atoms with Crippen LogP contribution >= 0.6 is 22.9 Å². The van der Waals surface area contributed by atoms with Crippen LogP contribution in [0.3, 0.4) is 0 Å². The Hall–Kier alpha value is -3.36. The summed E-state index contributed by atoms with van der Waals surface area (Å²) in [4.78, 5) is 39.9. The fraction of sp³-hybridized carbons (Fsp3) is 0.174. The summed E-state index contributed by atoms with van der Waals surface area (Å²) in [5, 5.41) is 3.54. The maximum absolute atomic E-state index is 12.9. The molecule has 164 valence electrons. The van der Waals surface area contributed by atoms with Gasteiger partial charge in [0, 0.05) is 9.90 Å². The molecule has 2 heterocycles. The van der Waals surface area contributed by atoms with E-state index in [2.05, 4.69) is 5.32 Å². The molecule has 0 unspecified atom stereocenters. The summed E-state index contributed by atoms with van der Waals surface area (Å²) in [7, 11) is 0. The highest BCUT2D eigenvalue weighted by Gasteiger charge is 2.28. The van der Waals surface area contributed by atoms with Gasteiger partial charge in [-0.05, 0) is 36.8 Å². The Bertz CT molecular complexity index is 1180. The molecule has 0 saturated heterocycles. The first-order valence-corrected chi connectivity index (χ1v) is 11.0.